The van der Waals surface area contributed by atoms with Gasteiger partial charge < -0.3 is 9.84 Å². The van der Waals surface area contributed by atoms with E-state index in [1.807, 2.05) is 19.9 Å². The summed E-state index contributed by atoms with van der Waals surface area (Å²) >= 11 is 0. The molecule has 0 amide bonds. The molecule has 2 atom stereocenters. The molecule has 0 spiro atoms. The largest absolute Gasteiger partial charge is 0.480 e. The Balaban J connectivity index is 1.24. The van der Waals surface area contributed by atoms with Crippen molar-refractivity contribution in [1.82, 2.24) is 14.9 Å². The maximum atomic E-state index is 12.2. The lowest BCUT2D eigenvalue weighted by Gasteiger charge is -2.26. The first-order chi connectivity index (χ1) is 16.5. The lowest BCUT2D eigenvalue weighted by molar-refractivity contribution is -0.143. The summed E-state index contributed by atoms with van der Waals surface area (Å²) in [5.74, 6) is 0.152. The third kappa shape index (κ3) is 6.35. The van der Waals surface area contributed by atoms with E-state index in [2.05, 4.69) is 22.0 Å². The van der Waals surface area contributed by atoms with Gasteiger partial charge in [0.2, 0.25) is 5.88 Å². The average molecular weight is 466 g/mol. The van der Waals surface area contributed by atoms with Gasteiger partial charge in [-0.3, -0.25) is 14.7 Å². The first kappa shape index (κ1) is 24.6. The molecule has 6 nitrogen and oxygen atoms in total. The Kier molecular flexibility index (Phi) is 8.54. The molecule has 4 rings (SSSR count). The highest BCUT2D eigenvalue weighted by Crippen LogP contribution is 2.34. The molecule has 3 heterocycles. The van der Waals surface area contributed by atoms with Crippen molar-refractivity contribution in [3.05, 3.63) is 53.0 Å². The van der Waals surface area contributed by atoms with Crippen molar-refractivity contribution in [3.8, 4) is 5.88 Å². The Labute approximate surface area is 203 Å². The smallest absolute Gasteiger partial charge is 0.325 e. The topological polar surface area (TPSA) is 75.6 Å². The van der Waals surface area contributed by atoms with Crippen LogP contribution in [0.4, 0.5) is 0 Å². The number of rotatable bonds is 11. The maximum absolute atomic E-state index is 12.2. The fourth-order valence-corrected chi connectivity index (χ4v) is 5.43. The molecular weight excluding hydrogens is 426 g/mol. The maximum Gasteiger partial charge on any atom is 0.325 e. The summed E-state index contributed by atoms with van der Waals surface area (Å²) in [7, 11) is 0. The van der Waals surface area contributed by atoms with Crippen LogP contribution in [0.15, 0.2) is 30.5 Å². The number of nitrogens with zero attached hydrogens (tertiary/aromatic N) is 3. The number of hydrogen-bond donors (Lipinski definition) is 1. The van der Waals surface area contributed by atoms with Crippen LogP contribution in [0.5, 0.6) is 5.88 Å². The number of carboxylic acid groups (broad SMARTS) is 1. The Morgan fingerprint density at radius 3 is 2.85 bits per heavy atom. The number of hydrogen-bond acceptors (Lipinski definition) is 5. The predicted octanol–water partition coefficient (Wildman–Crippen LogP) is 5.39. The molecule has 1 unspecified atom stereocenters. The molecule has 2 aliphatic rings. The van der Waals surface area contributed by atoms with Crippen LogP contribution in [0.3, 0.4) is 0 Å². The second-order valence-corrected chi connectivity index (χ2v) is 10.2. The van der Waals surface area contributed by atoms with Crippen LogP contribution in [0.25, 0.3) is 0 Å². The Morgan fingerprint density at radius 2 is 2.03 bits per heavy atom. The summed E-state index contributed by atoms with van der Waals surface area (Å²) in [4.78, 5) is 23.5. The number of aryl methyl sites for hydroxylation is 3. The minimum absolute atomic E-state index is 0.0501. The van der Waals surface area contributed by atoms with Crippen molar-refractivity contribution in [3.63, 3.8) is 0 Å². The number of unbranched alkanes of at least 4 members (excludes halogenated alkanes) is 2. The van der Waals surface area contributed by atoms with Crippen molar-refractivity contribution in [2.24, 2.45) is 5.92 Å². The van der Waals surface area contributed by atoms with Gasteiger partial charge in [0.05, 0.1) is 6.10 Å². The van der Waals surface area contributed by atoms with Crippen molar-refractivity contribution < 1.29 is 14.6 Å². The monoisotopic (exact) mass is 465 g/mol. The summed E-state index contributed by atoms with van der Waals surface area (Å²) in [5, 5.41) is 10.0. The van der Waals surface area contributed by atoms with Crippen LogP contribution in [0.2, 0.25) is 0 Å². The van der Waals surface area contributed by atoms with E-state index >= 15 is 0 Å². The Bertz CT molecular complexity index is 962. The number of carboxylic acids is 1. The molecule has 0 bridgehead atoms. The van der Waals surface area contributed by atoms with Gasteiger partial charge in [0, 0.05) is 29.7 Å². The normalized spacial score (nSPS) is 19.2. The number of fused-ring (bicyclic) bond motifs is 1. The molecule has 6 heteroatoms. The summed E-state index contributed by atoms with van der Waals surface area (Å²) < 4.78 is 5.82. The Morgan fingerprint density at radius 1 is 1.18 bits per heavy atom. The number of likely N-dealkylation sites (tertiary alicyclic amines) is 1. The fourth-order valence-electron chi connectivity index (χ4n) is 5.43. The van der Waals surface area contributed by atoms with Crippen LogP contribution in [-0.4, -0.2) is 45.1 Å². The third-order valence-corrected chi connectivity index (χ3v) is 7.14. The second-order valence-electron chi connectivity index (χ2n) is 10.2. The molecule has 1 N–H and O–H groups in total. The molecule has 34 heavy (non-hydrogen) atoms. The van der Waals surface area contributed by atoms with E-state index in [0.29, 0.717) is 17.4 Å². The highest BCUT2D eigenvalue weighted by atomic mass is 16.5. The lowest BCUT2D eigenvalue weighted by atomic mass is 9.95. The molecule has 2 aromatic rings. The Hall–Kier alpha value is -2.47. The number of aliphatic carboxylic acids is 1. The highest BCUT2D eigenvalue weighted by molar-refractivity contribution is 5.76. The first-order valence-electron chi connectivity index (χ1n) is 13.1. The summed E-state index contributed by atoms with van der Waals surface area (Å²) in [6, 6.07) is 7.45. The van der Waals surface area contributed by atoms with E-state index in [9.17, 15) is 9.90 Å². The predicted molar refractivity (Wildman–Crippen MR) is 133 cm³/mol. The summed E-state index contributed by atoms with van der Waals surface area (Å²) in [6.45, 7) is 5.49. The van der Waals surface area contributed by atoms with Gasteiger partial charge in [0.15, 0.2) is 0 Å². The zero-order chi connectivity index (χ0) is 23.9. The second kappa shape index (κ2) is 11.8. The molecule has 0 saturated carbocycles. The molecule has 1 fully saturated rings. The van der Waals surface area contributed by atoms with Crippen molar-refractivity contribution in [2.45, 2.75) is 90.2 Å². The van der Waals surface area contributed by atoms with Gasteiger partial charge in [-0.15, -0.1) is 0 Å². The highest BCUT2D eigenvalue weighted by Gasteiger charge is 2.35. The van der Waals surface area contributed by atoms with E-state index in [1.54, 1.807) is 12.3 Å². The van der Waals surface area contributed by atoms with Gasteiger partial charge in [-0.2, -0.15) is 0 Å². The molecule has 1 aliphatic heterocycles. The van der Waals surface area contributed by atoms with Gasteiger partial charge in [-0.25, -0.2) is 4.98 Å². The quantitative estimate of drug-likeness (QED) is 0.448. The van der Waals surface area contributed by atoms with Gasteiger partial charge in [-0.1, -0.05) is 18.9 Å². The fraction of sp³-hybridized carbons (Fsp3) is 0.607. The van der Waals surface area contributed by atoms with E-state index < -0.39 is 12.0 Å². The lowest BCUT2D eigenvalue weighted by Crippen LogP contribution is -2.33. The summed E-state index contributed by atoms with van der Waals surface area (Å²) in [6.07, 6.45) is 13.3. The van der Waals surface area contributed by atoms with Crippen LogP contribution >= 0.6 is 0 Å². The van der Waals surface area contributed by atoms with Crippen LogP contribution < -0.4 is 4.74 Å². The summed E-state index contributed by atoms with van der Waals surface area (Å²) in [5.41, 5.74) is 4.68. The van der Waals surface area contributed by atoms with Crippen LogP contribution in [0.1, 0.15) is 87.3 Å². The van der Waals surface area contributed by atoms with E-state index in [1.165, 1.54) is 55.5 Å². The van der Waals surface area contributed by atoms with Crippen molar-refractivity contribution in [1.29, 1.82) is 0 Å². The molecule has 1 saturated heterocycles. The number of carbonyl (C=O) groups is 1. The molecule has 0 aromatic carbocycles. The molecular formula is C28H39N3O3. The number of ether oxygens (including phenoxy) is 1. The van der Waals surface area contributed by atoms with Gasteiger partial charge in [-0.05, 0) is 101 Å². The first-order valence-corrected chi connectivity index (χ1v) is 13.1. The minimum Gasteiger partial charge on any atom is -0.480 e. The van der Waals surface area contributed by atoms with Gasteiger partial charge >= 0.3 is 5.97 Å². The molecule has 2 aromatic heterocycles. The van der Waals surface area contributed by atoms with E-state index in [0.717, 1.165) is 38.8 Å². The zero-order valence-corrected chi connectivity index (χ0v) is 20.7. The van der Waals surface area contributed by atoms with Crippen LogP contribution in [0, 0.1) is 5.92 Å². The molecule has 184 valence electrons. The standard InChI is InChI=1S/C28H39N3O3/c1-20(2)34-27-24(12-8-17-29-27)26(28(32)33)31-18-16-21(19-31)9-4-3-5-11-23-15-14-22-10-6-7-13-25(22)30-23/h8,12,14-15,17,20-21,26H,3-7,9-11,13,16,18-19H2,1-2H3,(H,32,33)/t21-,26?/m1/s1. The van der Waals surface area contributed by atoms with Crippen LogP contribution in [-0.2, 0) is 24.1 Å². The van der Waals surface area contributed by atoms with Gasteiger partial charge in [0.25, 0.3) is 0 Å². The number of aromatic nitrogens is 2. The van der Waals surface area contributed by atoms with Crippen molar-refractivity contribution >= 4 is 5.97 Å². The molecule has 0 radical (unpaired) electrons. The van der Waals surface area contributed by atoms with Gasteiger partial charge in [0.1, 0.15) is 6.04 Å². The SMILES string of the molecule is CC(C)Oc1ncccc1C(C(=O)O)N1CC[C@@H](CCCCCc2ccc3c(n2)CCCC3)C1. The molecule has 1 aliphatic carbocycles. The zero-order valence-electron chi connectivity index (χ0n) is 20.7. The average Bonchev–Trinajstić information content (AvgIpc) is 3.27. The minimum atomic E-state index is -0.834. The van der Waals surface area contributed by atoms with E-state index in [-0.39, 0.29) is 6.10 Å². The number of pyridine rings is 2. The third-order valence-electron chi connectivity index (χ3n) is 7.14. The van der Waals surface area contributed by atoms with Crippen molar-refractivity contribution in [2.75, 3.05) is 13.1 Å². The van der Waals surface area contributed by atoms with E-state index in [4.69, 9.17) is 9.72 Å².